The smallest absolute Gasteiger partial charge is 0.271 e. The Labute approximate surface area is 122 Å². The third-order valence-electron chi connectivity index (χ3n) is 3.17. The minimum Gasteiger partial charge on any atom is -0.352 e. The summed E-state index contributed by atoms with van der Waals surface area (Å²) < 4.78 is 22.6. The molecule has 0 saturated heterocycles. The lowest BCUT2D eigenvalue weighted by atomic mass is 10.0. The van der Waals surface area contributed by atoms with Crippen LogP contribution in [0.2, 0.25) is 0 Å². The Kier molecular flexibility index (Phi) is 5.82. The molecule has 1 heterocycles. The number of nitrogens with one attached hydrogen (secondary N) is 1. The van der Waals surface area contributed by atoms with E-state index in [1.165, 1.54) is 5.38 Å². The summed E-state index contributed by atoms with van der Waals surface area (Å²) in [4.78, 5) is 12.0. The number of rotatable bonds is 6. The van der Waals surface area contributed by atoms with Gasteiger partial charge in [0.05, 0.1) is 5.56 Å². The van der Waals surface area contributed by atoms with Crippen LogP contribution in [-0.2, 0) is 9.05 Å². The van der Waals surface area contributed by atoms with Gasteiger partial charge in [0, 0.05) is 22.6 Å². The van der Waals surface area contributed by atoms with Crippen molar-refractivity contribution in [1.29, 1.82) is 0 Å². The minimum absolute atomic E-state index is 0.0434. The molecule has 0 spiro atoms. The maximum Gasteiger partial charge on any atom is 0.271 e. The second kappa shape index (κ2) is 6.72. The number of carbonyl (C=O) groups is 1. The van der Waals surface area contributed by atoms with Gasteiger partial charge >= 0.3 is 0 Å². The van der Waals surface area contributed by atoms with Crippen molar-refractivity contribution >= 4 is 37.0 Å². The first-order chi connectivity index (χ1) is 8.81. The van der Waals surface area contributed by atoms with Crippen LogP contribution in [0.25, 0.3) is 0 Å². The fourth-order valence-electron chi connectivity index (χ4n) is 1.77. The number of hydrogen-bond acceptors (Lipinski definition) is 4. The molecule has 108 valence electrons. The van der Waals surface area contributed by atoms with E-state index in [-0.39, 0.29) is 10.1 Å². The predicted molar refractivity (Wildman–Crippen MR) is 78.5 cm³/mol. The van der Waals surface area contributed by atoms with Crippen molar-refractivity contribution in [3.05, 3.63) is 16.5 Å². The molecule has 0 unspecified atom stereocenters. The monoisotopic (exact) mass is 323 g/mol. The van der Waals surface area contributed by atoms with E-state index in [9.17, 15) is 13.2 Å². The summed E-state index contributed by atoms with van der Waals surface area (Å²) in [6.07, 6.45) is 2.00. The minimum atomic E-state index is -3.78. The van der Waals surface area contributed by atoms with E-state index in [4.69, 9.17) is 10.7 Å². The van der Waals surface area contributed by atoms with E-state index in [1.54, 1.807) is 6.92 Å². The Bertz CT molecular complexity index is 547. The topological polar surface area (TPSA) is 63.2 Å². The molecule has 4 nitrogen and oxygen atoms in total. The molecule has 0 bridgehead atoms. The van der Waals surface area contributed by atoms with Crippen LogP contribution in [0.5, 0.6) is 0 Å². The summed E-state index contributed by atoms with van der Waals surface area (Å²) in [7, 11) is 1.53. The number of thiophene rings is 1. The SMILES string of the molecule is CCC(CC)CNC(=O)c1csc(S(=O)(=O)Cl)c1C. The fraction of sp³-hybridized carbons (Fsp3) is 0.583. The van der Waals surface area contributed by atoms with Crippen LogP contribution >= 0.6 is 22.0 Å². The second-order valence-corrected chi connectivity index (χ2v) is 8.03. The zero-order chi connectivity index (χ0) is 14.6. The summed E-state index contributed by atoms with van der Waals surface area (Å²) in [6.45, 7) is 6.35. The zero-order valence-electron chi connectivity index (χ0n) is 11.2. The van der Waals surface area contributed by atoms with Gasteiger partial charge in [-0.1, -0.05) is 26.7 Å². The van der Waals surface area contributed by atoms with Gasteiger partial charge in [0.25, 0.3) is 15.0 Å². The Balaban J connectivity index is 2.82. The van der Waals surface area contributed by atoms with Crippen molar-refractivity contribution < 1.29 is 13.2 Å². The van der Waals surface area contributed by atoms with Crippen molar-refractivity contribution in [2.45, 2.75) is 37.8 Å². The molecule has 1 N–H and O–H groups in total. The second-order valence-electron chi connectivity index (χ2n) is 4.39. The van der Waals surface area contributed by atoms with Gasteiger partial charge in [-0.2, -0.15) is 0 Å². The average Bonchev–Trinajstić information content (AvgIpc) is 2.72. The molecule has 1 rings (SSSR count). The highest BCUT2D eigenvalue weighted by atomic mass is 35.7. The van der Waals surface area contributed by atoms with Gasteiger partial charge in [-0.05, 0) is 18.4 Å². The standard InChI is InChI=1S/C12H18ClNO3S2/c1-4-9(5-2)6-14-11(15)10-7-18-12(8(10)3)19(13,16)17/h7,9H,4-6H2,1-3H3,(H,14,15). The Morgan fingerprint density at radius 2 is 2.00 bits per heavy atom. The molecule has 0 aliphatic rings. The highest BCUT2D eigenvalue weighted by Crippen LogP contribution is 2.29. The molecule has 7 heteroatoms. The number of amides is 1. The van der Waals surface area contributed by atoms with Crippen molar-refractivity contribution in [2.24, 2.45) is 5.92 Å². The lowest BCUT2D eigenvalue weighted by molar-refractivity contribution is 0.0946. The normalized spacial score (nSPS) is 11.8. The maximum absolute atomic E-state index is 12.0. The van der Waals surface area contributed by atoms with Crippen LogP contribution in [0.4, 0.5) is 0 Å². The van der Waals surface area contributed by atoms with Gasteiger partial charge in [-0.15, -0.1) is 11.3 Å². The molecule has 0 saturated carbocycles. The molecule has 0 aliphatic carbocycles. The average molecular weight is 324 g/mol. The summed E-state index contributed by atoms with van der Waals surface area (Å²) in [5.41, 5.74) is 0.803. The van der Waals surface area contributed by atoms with Crippen LogP contribution in [0.1, 0.15) is 42.6 Å². The lowest BCUT2D eigenvalue weighted by Gasteiger charge is -2.13. The zero-order valence-corrected chi connectivity index (χ0v) is 13.6. The van der Waals surface area contributed by atoms with Crippen molar-refractivity contribution in [2.75, 3.05) is 6.54 Å². The van der Waals surface area contributed by atoms with Gasteiger partial charge in [0.2, 0.25) is 0 Å². The summed E-state index contributed by atoms with van der Waals surface area (Å²) in [6, 6.07) is 0. The van der Waals surface area contributed by atoms with Crippen LogP contribution in [-0.4, -0.2) is 20.9 Å². The van der Waals surface area contributed by atoms with Gasteiger partial charge in [0.15, 0.2) is 0 Å². The Hall–Kier alpha value is -0.590. The molecular weight excluding hydrogens is 306 g/mol. The fourth-order valence-corrected chi connectivity index (χ4v) is 4.32. The molecule has 1 aromatic heterocycles. The van der Waals surface area contributed by atoms with E-state index < -0.39 is 9.05 Å². The summed E-state index contributed by atoms with van der Waals surface area (Å²) >= 11 is 0.976. The van der Waals surface area contributed by atoms with E-state index in [1.807, 2.05) is 0 Å². The Morgan fingerprint density at radius 1 is 1.42 bits per heavy atom. The van der Waals surface area contributed by atoms with Crippen LogP contribution in [0, 0.1) is 12.8 Å². The van der Waals surface area contributed by atoms with Crippen molar-refractivity contribution in [3.8, 4) is 0 Å². The largest absolute Gasteiger partial charge is 0.352 e. The van der Waals surface area contributed by atoms with Gasteiger partial charge in [-0.3, -0.25) is 4.79 Å². The first-order valence-electron chi connectivity index (χ1n) is 6.12. The van der Waals surface area contributed by atoms with Gasteiger partial charge in [-0.25, -0.2) is 8.42 Å². The van der Waals surface area contributed by atoms with Crippen LogP contribution in [0.15, 0.2) is 9.59 Å². The third kappa shape index (κ3) is 4.19. The summed E-state index contributed by atoms with van der Waals surface area (Å²) in [5.74, 6) is 0.200. The van der Waals surface area contributed by atoms with Crippen molar-refractivity contribution in [1.82, 2.24) is 5.32 Å². The number of carbonyl (C=O) groups excluding carboxylic acids is 1. The molecule has 1 aromatic rings. The first kappa shape index (κ1) is 16.5. The molecule has 0 radical (unpaired) electrons. The maximum atomic E-state index is 12.0. The highest BCUT2D eigenvalue weighted by Gasteiger charge is 2.22. The highest BCUT2D eigenvalue weighted by molar-refractivity contribution is 8.15. The molecule has 0 atom stereocenters. The lowest BCUT2D eigenvalue weighted by Crippen LogP contribution is -2.29. The molecule has 0 fully saturated rings. The van der Waals surface area contributed by atoms with Crippen molar-refractivity contribution in [3.63, 3.8) is 0 Å². The molecule has 0 aliphatic heterocycles. The Morgan fingerprint density at radius 3 is 2.42 bits per heavy atom. The number of hydrogen-bond donors (Lipinski definition) is 1. The molecule has 1 amide bonds. The van der Waals surface area contributed by atoms with E-state index in [2.05, 4.69) is 19.2 Å². The molecular formula is C12H18ClNO3S2. The van der Waals surface area contributed by atoms with E-state index in [0.29, 0.717) is 23.6 Å². The summed E-state index contributed by atoms with van der Waals surface area (Å²) in [5, 5.41) is 4.37. The van der Waals surface area contributed by atoms with Gasteiger partial charge in [0.1, 0.15) is 4.21 Å². The molecule has 19 heavy (non-hydrogen) atoms. The number of halogens is 1. The first-order valence-corrected chi connectivity index (χ1v) is 9.31. The quantitative estimate of drug-likeness (QED) is 0.818. The predicted octanol–water partition coefficient (Wildman–Crippen LogP) is 3.15. The third-order valence-corrected chi connectivity index (χ3v) is 6.47. The van der Waals surface area contributed by atoms with E-state index >= 15 is 0 Å². The van der Waals surface area contributed by atoms with E-state index in [0.717, 1.165) is 24.2 Å². The van der Waals surface area contributed by atoms with Crippen LogP contribution in [0.3, 0.4) is 0 Å². The molecule has 0 aromatic carbocycles. The van der Waals surface area contributed by atoms with Gasteiger partial charge < -0.3 is 5.32 Å². The van der Waals surface area contributed by atoms with Crippen LogP contribution < -0.4 is 5.32 Å².